The van der Waals surface area contributed by atoms with Crippen LogP contribution in [0.15, 0.2) is 65.7 Å². The number of fused-ring (bicyclic) bond motifs is 1. The van der Waals surface area contributed by atoms with Crippen molar-refractivity contribution in [1.82, 2.24) is 9.97 Å². The molecular formula is C20H16N4O4S. The molecule has 0 spiro atoms. The molecule has 146 valence electrons. The number of rotatable bonds is 4. The zero-order chi connectivity index (χ0) is 20.6. The fourth-order valence-electron chi connectivity index (χ4n) is 3.07. The van der Waals surface area contributed by atoms with Crippen molar-refractivity contribution in [2.75, 3.05) is 9.62 Å². The number of benzene rings is 2. The van der Waals surface area contributed by atoms with Gasteiger partial charge in [0.15, 0.2) is 0 Å². The Bertz CT molecular complexity index is 1220. The Labute approximate surface area is 167 Å². The van der Waals surface area contributed by atoms with Gasteiger partial charge in [-0.15, -0.1) is 0 Å². The van der Waals surface area contributed by atoms with Crippen LogP contribution >= 0.6 is 0 Å². The quantitative estimate of drug-likeness (QED) is 0.664. The summed E-state index contributed by atoms with van der Waals surface area (Å²) in [6.07, 6.45) is 1.56. The van der Waals surface area contributed by atoms with Crippen LogP contribution in [0.3, 0.4) is 0 Å². The monoisotopic (exact) mass is 408 g/mol. The van der Waals surface area contributed by atoms with Gasteiger partial charge in [-0.3, -0.25) is 9.59 Å². The molecule has 0 saturated carbocycles. The summed E-state index contributed by atoms with van der Waals surface area (Å²) in [7, 11) is -3.92. The minimum Gasteiger partial charge on any atom is -0.274 e. The molecule has 1 aromatic heterocycles. The second-order valence-electron chi connectivity index (χ2n) is 6.49. The summed E-state index contributed by atoms with van der Waals surface area (Å²) in [5.74, 6) is -0.832. The number of anilines is 2. The fourth-order valence-corrected chi connectivity index (χ4v) is 4.02. The lowest BCUT2D eigenvalue weighted by Crippen LogP contribution is -2.42. The third-order valence-corrected chi connectivity index (χ3v) is 5.81. The first kappa shape index (κ1) is 18.8. The van der Waals surface area contributed by atoms with Gasteiger partial charge in [-0.1, -0.05) is 18.2 Å². The number of nitrogens with zero attached hydrogens (tertiary/aromatic N) is 3. The zero-order valence-electron chi connectivity index (χ0n) is 15.4. The van der Waals surface area contributed by atoms with E-state index in [1.807, 2.05) is 0 Å². The largest absolute Gasteiger partial charge is 0.274 e. The van der Waals surface area contributed by atoms with Crippen molar-refractivity contribution in [1.29, 1.82) is 0 Å². The van der Waals surface area contributed by atoms with Crippen LogP contribution in [0.2, 0.25) is 0 Å². The topological polar surface area (TPSA) is 109 Å². The Morgan fingerprint density at radius 2 is 1.72 bits per heavy atom. The normalized spacial score (nSPS) is 13.9. The fraction of sp³-hybridized carbons (Fsp3) is 0.100. The minimum atomic E-state index is -3.92. The van der Waals surface area contributed by atoms with Gasteiger partial charge in [-0.25, -0.2) is 28.0 Å². The van der Waals surface area contributed by atoms with Crippen LogP contribution in [-0.4, -0.2) is 30.2 Å². The molecule has 0 unspecified atom stereocenters. The van der Waals surface area contributed by atoms with Crippen LogP contribution in [0.25, 0.3) is 0 Å². The van der Waals surface area contributed by atoms with Crippen molar-refractivity contribution in [2.45, 2.75) is 18.2 Å². The second kappa shape index (κ2) is 7.10. The summed E-state index contributed by atoms with van der Waals surface area (Å²) in [4.78, 5) is 34.1. The third kappa shape index (κ3) is 3.59. The van der Waals surface area contributed by atoms with Gasteiger partial charge in [0.1, 0.15) is 0 Å². The van der Waals surface area contributed by atoms with E-state index in [2.05, 4.69) is 14.7 Å². The molecule has 2 heterocycles. The number of imide groups is 1. The molecule has 9 heteroatoms. The number of carbonyl (C=O) groups excluding carboxylic acids is 2. The van der Waals surface area contributed by atoms with E-state index >= 15 is 0 Å². The highest BCUT2D eigenvalue weighted by atomic mass is 32.2. The SMILES string of the molecule is Cc1ccnc(NS(=O)(=O)c2ccc(N3C(=O)Cc4ccccc4C3=O)cc2)n1. The van der Waals surface area contributed by atoms with Crippen LogP contribution in [0.1, 0.15) is 21.6 Å². The molecule has 1 aliphatic heterocycles. The van der Waals surface area contributed by atoms with Gasteiger partial charge in [0.2, 0.25) is 11.9 Å². The first-order valence-electron chi connectivity index (χ1n) is 8.73. The molecule has 4 rings (SSSR count). The average Bonchev–Trinajstić information content (AvgIpc) is 2.68. The maximum absolute atomic E-state index is 12.7. The molecule has 0 aliphatic carbocycles. The van der Waals surface area contributed by atoms with Crippen LogP contribution in [0.4, 0.5) is 11.6 Å². The van der Waals surface area contributed by atoms with E-state index in [1.54, 1.807) is 37.3 Å². The molecular weight excluding hydrogens is 392 g/mol. The molecule has 1 N–H and O–H groups in total. The Hall–Kier alpha value is -3.59. The van der Waals surface area contributed by atoms with Crippen LogP contribution < -0.4 is 9.62 Å². The second-order valence-corrected chi connectivity index (χ2v) is 8.17. The van der Waals surface area contributed by atoms with Crippen molar-refractivity contribution < 1.29 is 18.0 Å². The van der Waals surface area contributed by atoms with Crippen molar-refractivity contribution in [3.8, 4) is 0 Å². The summed E-state index contributed by atoms with van der Waals surface area (Å²) in [6.45, 7) is 1.72. The van der Waals surface area contributed by atoms with Crippen LogP contribution in [0, 0.1) is 6.92 Å². The van der Waals surface area contributed by atoms with E-state index in [0.717, 1.165) is 4.90 Å². The molecule has 8 nitrogen and oxygen atoms in total. The van der Waals surface area contributed by atoms with E-state index in [1.165, 1.54) is 30.5 Å². The Morgan fingerprint density at radius 1 is 1.00 bits per heavy atom. The summed E-state index contributed by atoms with van der Waals surface area (Å²) in [5, 5.41) is 0. The van der Waals surface area contributed by atoms with Crippen LogP contribution in [0.5, 0.6) is 0 Å². The van der Waals surface area contributed by atoms with Gasteiger partial charge in [0, 0.05) is 17.5 Å². The highest BCUT2D eigenvalue weighted by Crippen LogP contribution is 2.26. The molecule has 0 atom stereocenters. The van der Waals surface area contributed by atoms with Gasteiger partial charge in [0.25, 0.3) is 15.9 Å². The van der Waals surface area contributed by atoms with Crippen LogP contribution in [-0.2, 0) is 21.2 Å². The molecule has 3 aromatic rings. The maximum Gasteiger partial charge on any atom is 0.265 e. The number of nitrogens with one attached hydrogen (secondary N) is 1. The van der Waals surface area contributed by atoms with Gasteiger partial charge in [-0.2, -0.15) is 0 Å². The van der Waals surface area contributed by atoms with E-state index in [-0.39, 0.29) is 23.2 Å². The minimum absolute atomic E-state index is 0.0351. The molecule has 0 radical (unpaired) electrons. The first-order valence-corrected chi connectivity index (χ1v) is 10.2. The smallest absolute Gasteiger partial charge is 0.265 e. The lowest BCUT2D eigenvalue weighted by Gasteiger charge is -2.26. The third-order valence-electron chi connectivity index (χ3n) is 4.47. The Kier molecular flexibility index (Phi) is 4.59. The van der Waals surface area contributed by atoms with Gasteiger partial charge >= 0.3 is 0 Å². The molecule has 2 amide bonds. The lowest BCUT2D eigenvalue weighted by molar-refractivity contribution is -0.117. The lowest BCUT2D eigenvalue weighted by atomic mass is 9.98. The summed E-state index contributed by atoms with van der Waals surface area (Å²) >= 11 is 0. The molecule has 1 aliphatic rings. The summed E-state index contributed by atoms with van der Waals surface area (Å²) in [6, 6.07) is 14.1. The van der Waals surface area contributed by atoms with Crippen molar-refractivity contribution in [3.63, 3.8) is 0 Å². The van der Waals surface area contributed by atoms with E-state index < -0.39 is 15.9 Å². The average molecular weight is 408 g/mol. The number of carbonyl (C=O) groups is 2. The molecule has 0 fully saturated rings. The summed E-state index contributed by atoms with van der Waals surface area (Å²) in [5.41, 5.74) is 2.07. The van der Waals surface area contributed by atoms with Crippen molar-refractivity contribution in [2.24, 2.45) is 0 Å². The van der Waals surface area contributed by atoms with E-state index in [0.29, 0.717) is 22.5 Å². The molecule has 0 saturated heterocycles. The van der Waals surface area contributed by atoms with E-state index in [4.69, 9.17) is 0 Å². The summed E-state index contributed by atoms with van der Waals surface area (Å²) < 4.78 is 27.4. The van der Waals surface area contributed by atoms with E-state index in [9.17, 15) is 18.0 Å². The predicted molar refractivity (Wildman–Crippen MR) is 106 cm³/mol. The number of sulfonamides is 1. The van der Waals surface area contributed by atoms with Gasteiger partial charge in [0.05, 0.1) is 17.0 Å². The number of hydrogen-bond donors (Lipinski definition) is 1. The Balaban J connectivity index is 1.61. The zero-order valence-corrected chi connectivity index (χ0v) is 16.2. The standard InChI is InChI=1S/C20H16N4O4S/c1-13-10-11-21-20(22-13)23-29(27,28)16-8-6-15(7-9-16)24-18(25)12-14-4-2-3-5-17(14)19(24)26/h2-11H,12H2,1H3,(H,21,22,23). The number of aryl methyl sites for hydroxylation is 1. The number of hydrogen-bond acceptors (Lipinski definition) is 6. The van der Waals surface area contributed by atoms with Gasteiger partial charge in [-0.05, 0) is 48.9 Å². The predicted octanol–water partition coefficient (Wildman–Crippen LogP) is 2.32. The van der Waals surface area contributed by atoms with Crippen molar-refractivity contribution in [3.05, 3.63) is 77.6 Å². The molecule has 2 aromatic carbocycles. The number of amides is 2. The van der Waals surface area contributed by atoms with Crippen molar-refractivity contribution >= 4 is 33.5 Å². The maximum atomic E-state index is 12.7. The highest BCUT2D eigenvalue weighted by Gasteiger charge is 2.32. The Morgan fingerprint density at radius 3 is 2.45 bits per heavy atom. The first-order chi connectivity index (χ1) is 13.8. The van der Waals surface area contributed by atoms with Gasteiger partial charge < -0.3 is 0 Å². The highest BCUT2D eigenvalue weighted by molar-refractivity contribution is 7.92. The molecule has 29 heavy (non-hydrogen) atoms. The molecule has 0 bridgehead atoms. The number of aromatic nitrogens is 2.